The molecule has 5 nitrogen and oxygen atoms in total. The van der Waals surface area contributed by atoms with Gasteiger partial charge >= 0.3 is 0 Å². The summed E-state index contributed by atoms with van der Waals surface area (Å²) in [6.45, 7) is 3.95. The zero-order valence-corrected chi connectivity index (χ0v) is 13.3. The van der Waals surface area contributed by atoms with Gasteiger partial charge < -0.3 is 9.72 Å². The minimum atomic E-state index is -0.356. The normalized spacial score (nSPS) is 13.5. The first-order valence-corrected chi connectivity index (χ1v) is 7.39. The molecule has 3 heterocycles. The zero-order valence-electron chi connectivity index (χ0n) is 13.3. The highest BCUT2D eigenvalue weighted by molar-refractivity contribution is 5.81. The molecule has 0 aliphatic heterocycles. The Morgan fingerprint density at radius 1 is 1.39 bits per heavy atom. The van der Waals surface area contributed by atoms with Crippen molar-refractivity contribution in [3.05, 3.63) is 65.9 Å². The van der Waals surface area contributed by atoms with Crippen LogP contribution in [0.2, 0.25) is 0 Å². The molecule has 0 aromatic carbocycles. The molecule has 0 fully saturated rings. The number of nitrogens with one attached hydrogen (secondary N) is 1. The van der Waals surface area contributed by atoms with Gasteiger partial charge in [-0.25, -0.2) is 19.3 Å². The summed E-state index contributed by atoms with van der Waals surface area (Å²) in [6.07, 6.45) is 10.5. The Kier molecular flexibility index (Phi) is 4.16. The van der Waals surface area contributed by atoms with E-state index in [1.807, 2.05) is 33.2 Å². The van der Waals surface area contributed by atoms with E-state index in [1.54, 1.807) is 23.0 Å². The molecule has 6 heteroatoms. The maximum atomic E-state index is 14.3. The molecule has 0 saturated carbocycles. The molecule has 23 heavy (non-hydrogen) atoms. The van der Waals surface area contributed by atoms with Gasteiger partial charge in [0.15, 0.2) is 11.5 Å². The van der Waals surface area contributed by atoms with Crippen LogP contribution >= 0.6 is 0 Å². The Labute approximate surface area is 133 Å². The second-order valence-electron chi connectivity index (χ2n) is 5.41. The van der Waals surface area contributed by atoms with Crippen LogP contribution in [0, 0.1) is 12.7 Å². The highest BCUT2D eigenvalue weighted by atomic mass is 19.1. The first-order chi connectivity index (χ1) is 11.1. The standard InChI is InChI=1S/C17H18FN5/c1-11(19-3)6-14(15-8-20-10-22-12(15)2)13-7-16(18)17-21-4-5-23(17)9-13/h4-11,19H,1-3H3/b14-6-/t11-/m1/s1. The number of likely N-dealkylation sites (N-methyl/N-ethyl adjacent to an activating group) is 1. The predicted molar refractivity (Wildman–Crippen MR) is 87.5 cm³/mol. The first-order valence-electron chi connectivity index (χ1n) is 7.39. The smallest absolute Gasteiger partial charge is 0.173 e. The van der Waals surface area contributed by atoms with Gasteiger partial charge in [-0.05, 0) is 32.5 Å². The van der Waals surface area contributed by atoms with E-state index in [4.69, 9.17) is 0 Å². The first kappa shape index (κ1) is 15.3. The fourth-order valence-electron chi connectivity index (χ4n) is 2.47. The van der Waals surface area contributed by atoms with Gasteiger partial charge in [-0.3, -0.25) is 0 Å². The second kappa shape index (κ2) is 6.26. The molecule has 0 spiro atoms. The maximum Gasteiger partial charge on any atom is 0.173 e. The number of halogens is 1. The Morgan fingerprint density at radius 2 is 2.22 bits per heavy atom. The molecule has 3 aromatic heterocycles. The Hall–Kier alpha value is -2.60. The van der Waals surface area contributed by atoms with Crippen molar-refractivity contribution in [3.8, 4) is 0 Å². The number of aromatic nitrogens is 4. The molecule has 3 aromatic rings. The van der Waals surface area contributed by atoms with Crippen molar-refractivity contribution in [3.63, 3.8) is 0 Å². The monoisotopic (exact) mass is 311 g/mol. The van der Waals surface area contributed by atoms with E-state index in [1.165, 1.54) is 12.4 Å². The van der Waals surface area contributed by atoms with Crippen LogP contribution in [0.5, 0.6) is 0 Å². The molecule has 0 aliphatic rings. The number of rotatable bonds is 4. The molecule has 0 aliphatic carbocycles. The number of aryl methyl sites for hydroxylation is 1. The molecule has 3 rings (SSSR count). The number of hydrogen-bond acceptors (Lipinski definition) is 4. The molecule has 1 atom stereocenters. The van der Waals surface area contributed by atoms with Crippen molar-refractivity contribution in [2.24, 2.45) is 0 Å². The summed E-state index contributed by atoms with van der Waals surface area (Å²) in [6, 6.07) is 1.62. The van der Waals surface area contributed by atoms with Crippen molar-refractivity contribution >= 4 is 11.2 Å². The lowest BCUT2D eigenvalue weighted by molar-refractivity contribution is 0.629. The van der Waals surface area contributed by atoms with Crippen LogP contribution in [0.25, 0.3) is 11.2 Å². The van der Waals surface area contributed by atoms with E-state index < -0.39 is 0 Å². The van der Waals surface area contributed by atoms with Gasteiger partial charge in [-0.2, -0.15) is 0 Å². The summed E-state index contributed by atoms with van der Waals surface area (Å²) in [4.78, 5) is 12.4. The lowest BCUT2D eigenvalue weighted by Crippen LogP contribution is -2.19. The van der Waals surface area contributed by atoms with Crippen LogP contribution in [-0.4, -0.2) is 32.4 Å². The summed E-state index contributed by atoms with van der Waals surface area (Å²) in [5.74, 6) is -0.356. The van der Waals surface area contributed by atoms with Crippen LogP contribution in [0.15, 0.2) is 43.3 Å². The predicted octanol–water partition coefficient (Wildman–Crippen LogP) is 2.61. The molecule has 1 N–H and O–H groups in total. The molecule has 0 radical (unpaired) electrons. The summed E-state index contributed by atoms with van der Waals surface area (Å²) in [7, 11) is 1.88. The molecule has 0 saturated heterocycles. The highest BCUT2D eigenvalue weighted by Gasteiger charge is 2.14. The average molecular weight is 311 g/mol. The number of imidazole rings is 1. The lowest BCUT2D eigenvalue weighted by atomic mass is 9.97. The van der Waals surface area contributed by atoms with Crippen LogP contribution in [0.4, 0.5) is 4.39 Å². The van der Waals surface area contributed by atoms with Gasteiger partial charge in [0.05, 0.1) is 0 Å². The van der Waals surface area contributed by atoms with Gasteiger partial charge in [-0.15, -0.1) is 0 Å². The van der Waals surface area contributed by atoms with Gasteiger partial charge in [0.2, 0.25) is 0 Å². The average Bonchev–Trinajstić information content (AvgIpc) is 3.02. The minimum absolute atomic E-state index is 0.117. The van der Waals surface area contributed by atoms with Gasteiger partial charge in [-0.1, -0.05) is 6.08 Å². The third-order valence-corrected chi connectivity index (χ3v) is 3.83. The summed E-state index contributed by atoms with van der Waals surface area (Å²) in [5, 5.41) is 3.17. The van der Waals surface area contributed by atoms with Crippen LogP contribution in [-0.2, 0) is 0 Å². The highest BCUT2D eigenvalue weighted by Crippen LogP contribution is 2.26. The van der Waals surface area contributed by atoms with Crippen LogP contribution < -0.4 is 5.32 Å². The third-order valence-electron chi connectivity index (χ3n) is 3.83. The van der Waals surface area contributed by atoms with Gasteiger partial charge in [0, 0.05) is 47.7 Å². The van der Waals surface area contributed by atoms with Gasteiger partial charge in [0.1, 0.15) is 6.33 Å². The SMILES string of the molecule is CN[C@H](C)/C=C(/c1cc(F)c2nccn2c1)c1cncnc1C. The maximum absolute atomic E-state index is 14.3. The summed E-state index contributed by atoms with van der Waals surface area (Å²) >= 11 is 0. The summed E-state index contributed by atoms with van der Waals surface area (Å²) in [5.41, 5.74) is 3.69. The van der Waals surface area contributed by atoms with E-state index in [2.05, 4.69) is 20.3 Å². The fraction of sp³-hybridized carbons (Fsp3) is 0.235. The van der Waals surface area contributed by atoms with E-state index >= 15 is 0 Å². The quantitative estimate of drug-likeness (QED) is 0.805. The molecule has 0 amide bonds. The van der Waals surface area contributed by atoms with E-state index in [0.29, 0.717) is 5.65 Å². The number of hydrogen-bond donors (Lipinski definition) is 1. The van der Waals surface area contributed by atoms with Gasteiger partial charge in [0.25, 0.3) is 0 Å². The largest absolute Gasteiger partial charge is 0.314 e. The molecular formula is C17H18FN5. The minimum Gasteiger partial charge on any atom is -0.314 e. The Bertz CT molecular complexity index is 868. The second-order valence-corrected chi connectivity index (χ2v) is 5.41. The topological polar surface area (TPSA) is 55.1 Å². The van der Waals surface area contributed by atoms with Crippen molar-refractivity contribution in [1.29, 1.82) is 0 Å². The molecule has 0 bridgehead atoms. The van der Waals surface area contributed by atoms with Crippen molar-refractivity contribution < 1.29 is 4.39 Å². The van der Waals surface area contributed by atoms with E-state index in [0.717, 1.165) is 22.4 Å². The number of nitrogens with zero attached hydrogens (tertiary/aromatic N) is 4. The third kappa shape index (κ3) is 2.98. The zero-order chi connectivity index (χ0) is 16.4. The molecule has 118 valence electrons. The summed E-state index contributed by atoms with van der Waals surface area (Å²) < 4.78 is 16.0. The Balaban J connectivity index is 2.21. The van der Waals surface area contributed by atoms with Crippen molar-refractivity contribution in [1.82, 2.24) is 24.7 Å². The fourth-order valence-corrected chi connectivity index (χ4v) is 2.47. The Morgan fingerprint density at radius 3 is 2.96 bits per heavy atom. The van der Waals surface area contributed by atoms with Crippen LogP contribution in [0.3, 0.4) is 0 Å². The lowest BCUT2D eigenvalue weighted by Gasteiger charge is -2.14. The van der Waals surface area contributed by atoms with Crippen molar-refractivity contribution in [2.75, 3.05) is 7.05 Å². The van der Waals surface area contributed by atoms with Crippen molar-refractivity contribution in [2.45, 2.75) is 19.9 Å². The van der Waals surface area contributed by atoms with E-state index in [9.17, 15) is 4.39 Å². The van der Waals surface area contributed by atoms with E-state index in [-0.39, 0.29) is 11.9 Å². The number of fused-ring (bicyclic) bond motifs is 1. The van der Waals surface area contributed by atoms with Crippen LogP contribution in [0.1, 0.15) is 23.7 Å². The number of pyridine rings is 1. The molecular weight excluding hydrogens is 293 g/mol. The molecule has 0 unspecified atom stereocenters.